The topological polar surface area (TPSA) is 97.3 Å². The highest BCUT2D eigenvalue weighted by Crippen LogP contribution is 2.35. The van der Waals surface area contributed by atoms with E-state index in [1.165, 1.54) is 0 Å². The summed E-state index contributed by atoms with van der Waals surface area (Å²) in [5.41, 5.74) is 3.97. The lowest BCUT2D eigenvalue weighted by Gasteiger charge is -2.40. The van der Waals surface area contributed by atoms with E-state index in [-0.39, 0.29) is 15.6 Å². The number of rotatable bonds is 4. The summed E-state index contributed by atoms with van der Waals surface area (Å²) in [5, 5.41) is 23.2. The van der Waals surface area contributed by atoms with Gasteiger partial charge in [-0.2, -0.15) is 10.2 Å². The van der Waals surface area contributed by atoms with Crippen LogP contribution in [-0.2, 0) is 12.8 Å². The Morgan fingerprint density at radius 2 is 1.94 bits per heavy atom. The van der Waals surface area contributed by atoms with Crippen LogP contribution in [0.3, 0.4) is 0 Å². The first-order chi connectivity index (χ1) is 16.2. The molecule has 2 atom stereocenters. The summed E-state index contributed by atoms with van der Waals surface area (Å²) in [6, 6.07) is 7.31. The van der Waals surface area contributed by atoms with Crippen LogP contribution in [0.15, 0.2) is 36.8 Å². The highest BCUT2D eigenvalue weighted by Gasteiger charge is 2.42. The van der Waals surface area contributed by atoms with E-state index in [9.17, 15) is 9.90 Å². The number of hydrogen-bond acceptors (Lipinski definition) is 5. The predicted molar refractivity (Wildman–Crippen MR) is 130 cm³/mol. The lowest BCUT2D eigenvalue weighted by Crippen LogP contribution is -2.59. The highest BCUT2D eigenvalue weighted by atomic mass is 35.5. The summed E-state index contributed by atoms with van der Waals surface area (Å²) >= 11 is 13.0. The molecule has 0 saturated carbocycles. The zero-order valence-electron chi connectivity index (χ0n) is 19.0. The first-order valence-electron chi connectivity index (χ1n) is 11.0. The molecule has 4 aromatic rings. The number of nitrogens with one attached hydrogen (secondary N) is 1. The average Bonchev–Trinajstić information content (AvgIpc) is 3.35. The van der Waals surface area contributed by atoms with Crippen molar-refractivity contribution in [1.82, 2.24) is 29.7 Å². The monoisotopic (exact) mass is 498 g/mol. The minimum atomic E-state index is -0.882. The fraction of sp³-hybridized carbons (Fsp3) is 0.333. The average molecular weight is 499 g/mol. The van der Waals surface area contributed by atoms with Crippen LogP contribution in [0.2, 0.25) is 10.0 Å². The first kappa shape index (κ1) is 22.8. The van der Waals surface area contributed by atoms with Crippen molar-refractivity contribution < 1.29 is 9.90 Å². The molecule has 176 valence electrons. The molecule has 0 saturated heterocycles. The van der Waals surface area contributed by atoms with Gasteiger partial charge in [-0.3, -0.25) is 4.79 Å². The molecule has 3 aromatic heterocycles. The Balaban J connectivity index is 1.48. The van der Waals surface area contributed by atoms with Gasteiger partial charge in [-0.25, -0.2) is 14.2 Å². The van der Waals surface area contributed by atoms with E-state index in [4.69, 9.17) is 28.3 Å². The second kappa shape index (κ2) is 8.37. The van der Waals surface area contributed by atoms with E-state index in [1.54, 1.807) is 37.0 Å². The zero-order chi connectivity index (χ0) is 24.2. The molecule has 1 amide bonds. The van der Waals surface area contributed by atoms with Gasteiger partial charge in [-0.1, -0.05) is 29.3 Å². The Bertz CT molecular complexity index is 1400. The third-order valence-corrected chi connectivity index (χ3v) is 7.15. The summed E-state index contributed by atoms with van der Waals surface area (Å²) in [5.74, 6) is 0.167. The van der Waals surface area contributed by atoms with Crippen LogP contribution in [0.25, 0.3) is 11.2 Å². The van der Waals surface area contributed by atoms with Crippen molar-refractivity contribution in [2.75, 3.05) is 0 Å². The van der Waals surface area contributed by atoms with Crippen LogP contribution in [-0.4, -0.2) is 47.0 Å². The van der Waals surface area contributed by atoms with E-state index in [2.05, 4.69) is 15.4 Å². The van der Waals surface area contributed by atoms with Gasteiger partial charge < -0.3 is 10.4 Å². The van der Waals surface area contributed by atoms with Crippen molar-refractivity contribution in [3.05, 3.63) is 75.0 Å². The number of aromatic nitrogens is 5. The fourth-order valence-corrected chi connectivity index (χ4v) is 5.27. The van der Waals surface area contributed by atoms with Gasteiger partial charge in [-0.15, -0.1) is 0 Å². The van der Waals surface area contributed by atoms with Crippen molar-refractivity contribution >= 4 is 34.6 Å². The molecule has 1 aliphatic rings. The second-order valence-corrected chi connectivity index (χ2v) is 9.76. The number of benzene rings is 1. The third kappa shape index (κ3) is 3.85. The molecule has 1 aliphatic carbocycles. The predicted octanol–water partition coefficient (Wildman–Crippen LogP) is 3.88. The number of amides is 1. The number of carbonyl (C=O) groups excluding carboxylic acids is 1. The Kier molecular flexibility index (Phi) is 5.62. The summed E-state index contributed by atoms with van der Waals surface area (Å²) in [4.78, 5) is 17.5. The normalized spacial score (nSPS) is 18.6. The van der Waals surface area contributed by atoms with Crippen LogP contribution in [0.4, 0.5) is 0 Å². The molecule has 0 bridgehead atoms. The maximum atomic E-state index is 13.4. The van der Waals surface area contributed by atoms with Crippen molar-refractivity contribution in [2.24, 2.45) is 0 Å². The SMILES string of the molecule is Cc1ccc2c3c(nn2c1)CC[C@](NC(=O)c1c(Cl)cc(-n2cnc(C)n2)cc1Cl)(C(C)O)C3. The lowest BCUT2D eigenvalue weighted by atomic mass is 9.76. The van der Waals surface area contributed by atoms with Gasteiger partial charge in [0.05, 0.1) is 44.1 Å². The number of aliphatic hydroxyl groups excluding tert-OH is 1. The van der Waals surface area contributed by atoms with Gasteiger partial charge in [-0.05, 0) is 57.4 Å². The third-order valence-electron chi connectivity index (χ3n) is 6.55. The molecule has 0 aliphatic heterocycles. The van der Waals surface area contributed by atoms with Crippen molar-refractivity contribution in [2.45, 2.75) is 51.7 Å². The summed E-state index contributed by atoms with van der Waals surface area (Å²) in [6.45, 7) is 5.49. The Morgan fingerprint density at radius 1 is 1.21 bits per heavy atom. The minimum absolute atomic E-state index is 0.158. The van der Waals surface area contributed by atoms with Gasteiger partial charge in [0.2, 0.25) is 0 Å². The van der Waals surface area contributed by atoms with E-state index in [1.807, 2.05) is 29.8 Å². The quantitative estimate of drug-likeness (QED) is 0.444. The van der Waals surface area contributed by atoms with Crippen molar-refractivity contribution in [3.63, 3.8) is 0 Å². The smallest absolute Gasteiger partial charge is 0.254 e. The molecule has 1 unspecified atom stereocenters. The molecule has 1 aromatic carbocycles. The van der Waals surface area contributed by atoms with E-state index in [0.717, 1.165) is 22.3 Å². The lowest BCUT2D eigenvalue weighted by molar-refractivity contribution is 0.0522. The molecule has 0 spiro atoms. The minimum Gasteiger partial charge on any atom is -0.391 e. The van der Waals surface area contributed by atoms with Gasteiger partial charge in [0.1, 0.15) is 12.2 Å². The molecular formula is C24H24Cl2N6O2. The van der Waals surface area contributed by atoms with Crippen molar-refractivity contribution in [1.29, 1.82) is 0 Å². The van der Waals surface area contributed by atoms with Gasteiger partial charge in [0.25, 0.3) is 5.91 Å². The van der Waals surface area contributed by atoms with E-state index < -0.39 is 17.6 Å². The molecule has 0 fully saturated rings. The molecule has 5 rings (SSSR count). The summed E-state index contributed by atoms with van der Waals surface area (Å²) in [6.07, 6.45) is 4.35. The van der Waals surface area contributed by atoms with Crippen LogP contribution >= 0.6 is 23.2 Å². The molecule has 3 heterocycles. The zero-order valence-corrected chi connectivity index (χ0v) is 20.5. The van der Waals surface area contributed by atoms with Crippen LogP contribution in [0, 0.1) is 13.8 Å². The van der Waals surface area contributed by atoms with Crippen LogP contribution < -0.4 is 5.32 Å². The number of hydrogen-bond donors (Lipinski definition) is 2. The Morgan fingerprint density at radius 3 is 2.59 bits per heavy atom. The maximum Gasteiger partial charge on any atom is 0.254 e. The number of aryl methyl sites for hydroxylation is 3. The van der Waals surface area contributed by atoms with Crippen LogP contribution in [0.1, 0.15) is 46.3 Å². The maximum absolute atomic E-state index is 13.4. The number of fused-ring (bicyclic) bond motifs is 3. The molecule has 2 N–H and O–H groups in total. The van der Waals surface area contributed by atoms with Crippen LogP contribution in [0.5, 0.6) is 0 Å². The Hall–Kier alpha value is -2.94. The fourth-order valence-electron chi connectivity index (χ4n) is 4.63. The molecule has 8 nitrogen and oxygen atoms in total. The molecule has 0 radical (unpaired) electrons. The standard InChI is InChI=1S/C24H24Cl2N6O2/c1-13-4-5-21-17-10-24(14(2)33,7-6-20(17)30-31(21)11-13)28-23(34)22-18(25)8-16(9-19(22)26)32-12-27-15(3)29-32/h4-5,8-9,11-12,14,33H,6-7,10H2,1-3H3,(H,28,34)/t14?,24-/m1/s1. The van der Waals surface area contributed by atoms with Gasteiger partial charge in [0, 0.05) is 18.2 Å². The first-order valence-corrected chi connectivity index (χ1v) is 11.8. The summed E-state index contributed by atoms with van der Waals surface area (Å²) in [7, 11) is 0. The molecular weight excluding hydrogens is 475 g/mol. The number of nitrogens with zero attached hydrogens (tertiary/aromatic N) is 5. The second-order valence-electron chi connectivity index (χ2n) is 8.95. The molecule has 34 heavy (non-hydrogen) atoms. The van der Waals surface area contributed by atoms with E-state index >= 15 is 0 Å². The van der Waals surface area contributed by atoms with Gasteiger partial charge in [0.15, 0.2) is 0 Å². The number of aliphatic hydroxyl groups is 1. The number of halogens is 2. The highest BCUT2D eigenvalue weighted by molar-refractivity contribution is 6.40. The van der Waals surface area contributed by atoms with Crippen molar-refractivity contribution in [3.8, 4) is 5.69 Å². The Labute approximate surface area is 206 Å². The van der Waals surface area contributed by atoms with Gasteiger partial charge >= 0.3 is 0 Å². The summed E-state index contributed by atoms with van der Waals surface area (Å²) < 4.78 is 3.42. The number of carbonyl (C=O) groups is 1. The van der Waals surface area contributed by atoms with E-state index in [0.29, 0.717) is 30.8 Å². The number of pyridine rings is 1. The molecule has 10 heteroatoms. The largest absolute Gasteiger partial charge is 0.391 e.